The number of fused-ring (bicyclic) bond motifs is 2. The SMILES string of the molecule is O=C(Nc1cccc(-c2nc3ccccc3o2)c1)c1ccc2ccccc2c1. The Kier molecular flexibility index (Phi) is 3.87. The maximum absolute atomic E-state index is 12.7. The van der Waals surface area contributed by atoms with Crippen LogP contribution in [0.5, 0.6) is 0 Å². The second-order valence-electron chi connectivity index (χ2n) is 6.58. The van der Waals surface area contributed by atoms with Gasteiger partial charge in [0.2, 0.25) is 5.89 Å². The average molecular weight is 364 g/mol. The van der Waals surface area contributed by atoms with Crippen LogP contribution in [0.15, 0.2) is 95.4 Å². The van der Waals surface area contributed by atoms with Gasteiger partial charge in [-0.15, -0.1) is 0 Å². The van der Waals surface area contributed by atoms with Gasteiger partial charge < -0.3 is 9.73 Å². The fraction of sp³-hybridized carbons (Fsp3) is 0. The van der Waals surface area contributed by atoms with Crippen LogP contribution in [0.25, 0.3) is 33.3 Å². The lowest BCUT2D eigenvalue weighted by molar-refractivity contribution is 0.102. The number of para-hydroxylation sites is 2. The van der Waals surface area contributed by atoms with E-state index in [2.05, 4.69) is 10.3 Å². The third kappa shape index (κ3) is 3.01. The zero-order valence-electron chi connectivity index (χ0n) is 14.9. The summed E-state index contributed by atoms with van der Waals surface area (Å²) in [4.78, 5) is 17.2. The number of hydrogen-bond acceptors (Lipinski definition) is 3. The lowest BCUT2D eigenvalue weighted by Crippen LogP contribution is -2.11. The van der Waals surface area contributed by atoms with Gasteiger partial charge in [0.05, 0.1) is 0 Å². The van der Waals surface area contributed by atoms with Crippen molar-refractivity contribution in [1.82, 2.24) is 4.98 Å². The molecule has 1 aromatic heterocycles. The lowest BCUT2D eigenvalue weighted by atomic mass is 10.1. The van der Waals surface area contributed by atoms with E-state index >= 15 is 0 Å². The molecule has 5 rings (SSSR count). The number of nitrogens with one attached hydrogen (secondary N) is 1. The van der Waals surface area contributed by atoms with E-state index in [0.717, 1.165) is 27.4 Å². The van der Waals surface area contributed by atoms with Crippen LogP contribution in [0.4, 0.5) is 5.69 Å². The van der Waals surface area contributed by atoms with Crippen molar-refractivity contribution in [3.05, 3.63) is 96.6 Å². The molecule has 0 atom stereocenters. The maximum atomic E-state index is 12.7. The summed E-state index contributed by atoms with van der Waals surface area (Å²) in [6, 6.07) is 28.8. The van der Waals surface area contributed by atoms with Crippen LogP contribution in [0.3, 0.4) is 0 Å². The van der Waals surface area contributed by atoms with Crippen LogP contribution in [0.1, 0.15) is 10.4 Å². The number of hydrogen-bond donors (Lipinski definition) is 1. The Morgan fingerprint density at radius 2 is 1.61 bits per heavy atom. The molecule has 0 spiro atoms. The van der Waals surface area contributed by atoms with Gasteiger partial charge in [-0.25, -0.2) is 4.98 Å². The van der Waals surface area contributed by atoms with Gasteiger partial charge in [0, 0.05) is 16.8 Å². The number of carbonyl (C=O) groups excluding carboxylic acids is 1. The minimum Gasteiger partial charge on any atom is -0.436 e. The first kappa shape index (κ1) is 16.3. The number of oxazole rings is 1. The van der Waals surface area contributed by atoms with E-state index in [0.29, 0.717) is 17.1 Å². The second kappa shape index (κ2) is 6.67. The summed E-state index contributed by atoms with van der Waals surface area (Å²) in [5.41, 5.74) is 3.67. The van der Waals surface area contributed by atoms with Crippen molar-refractivity contribution in [2.24, 2.45) is 0 Å². The summed E-state index contributed by atoms with van der Waals surface area (Å²) < 4.78 is 5.82. The van der Waals surface area contributed by atoms with Crippen molar-refractivity contribution >= 4 is 33.5 Å². The molecular formula is C24H16N2O2. The van der Waals surface area contributed by atoms with Gasteiger partial charge >= 0.3 is 0 Å². The van der Waals surface area contributed by atoms with E-state index in [1.54, 1.807) is 0 Å². The van der Waals surface area contributed by atoms with Crippen LogP contribution in [-0.2, 0) is 0 Å². The van der Waals surface area contributed by atoms with E-state index in [1.807, 2.05) is 91.0 Å². The Morgan fingerprint density at radius 3 is 2.50 bits per heavy atom. The lowest BCUT2D eigenvalue weighted by Gasteiger charge is -2.07. The van der Waals surface area contributed by atoms with Gasteiger partial charge in [-0.1, -0.05) is 48.5 Å². The van der Waals surface area contributed by atoms with Gasteiger partial charge in [-0.2, -0.15) is 0 Å². The second-order valence-corrected chi connectivity index (χ2v) is 6.58. The monoisotopic (exact) mass is 364 g/mol. The third-order valence-electron chi connectivity index (χ3n) is 4.67. The number of nitrogens with zero attached hydrogens (tertiary/aromatic N) is 1. The Hall–Kier alpha value is -3.92. The molecule has 28 heavy (non-hydrogen) atoms. The predicted molar refractivity (Wildman–Crippen MR) is 111 cm³/mol. The Balaban J connectivity index is 1.43. The Labute approximate surface area is 161 Å². The van der Waals surface area contributed by atoms with Crippen molar-refractivity contribution in [3.8, 4) is 11.5 Å². The van der Waals surface area contributed by atoms with E-state index in [1.165, 1.54) is 0 Å². The highest BCUT2D eigenvalue weighted by Crippen LogP contribution is 2.26. The molecule has 0 aliphatic carbocycles. The van der Waals surface area contributed by atoms with Gasteiger partial charge in [0.25, 0.3) is 5.91 Å². The normalized spacial score (nSPS) is 11.0. The van der Waals surface area contributed by atoms with Crippen LogP contribution in [-0.4, -0.2) is 10.9 Å². The molecule has 1 heterocycles. The summed E-state index contributed by atoms with van der Waals surface area (Å²) in [6.45, 7) is 0. The van der Waals surface area contributed by atoms with Gasteiger partial charge in [0.1, 0.15) is 5.52 Å². The smallest absolute Gasteiger partial charge is 0.255 e. The molecule has 1 amide bonds. The highest BCUT2D eigenvalue weighted by Gasteiger charge is 2.11. The highest BCUT2D eigenvalue weighted by molar-refractivity contribution is 6.06. The van der Waals surface area contributed by atoms with E-state index in [4.69, 9.17) is 4.42 Å². The molecule has 0 fully saturated rings. The minimum atomic E-state index is -0.152. The fourth-order valence-corrected chi connectivity index (χ4v) is 3.26. The quantitative estimate of drug-likeness (QED) is 0.433. The van der Waals surface area contributed by atoms with Crippen molar-refractivity contribution in [2.75, 3.05) is 5.32 Å². The number of rotatable bonds is 3. The van der Waals surface area contributed by atoms with Crippen molar-refractivity contribution < 1.29 is 9.21 Å². The molecule has 0 unspecified atom stereocenters. The molecule has 0 aliphatic heterocycles. The number of aromatic nitrogens is 1. The zero-order valence-corrected chi connectivity index (χ0v) is 14.9. The molecule has 0 aliphatic rings. The summed E-state index contributed by atoms with van der Waals surface area (Å²) >= 11 is 0. The molecule has 134 valence electrons. The van der Waals surface area contributed by atoms with E-state index in [9.17, 15) is 4.79 Å². The third-order valence-corrected chi connectivity index (χ3v) is 4.67. The standard InChI is InChI=1S/C24H16N2O2/c27-23(18-13-12-16-6-1-2-7-17(16)14-18)25-20-9-5-8-19(15-20)24-26-21-10-3-4-11-22(21)28-24/h1-15H,(H,25,27). The minimum absolute atomic E-state index is 0.152. The number of benzene rings is 4. The van der Waals surface area contributed by atoms with Crippen LogP contribution >= 0.6 is 0 Å². The zero-order chi connectivity index (χ0) is 18.9. The summed E-state index contributed by atoms with van der Waals surface area (Å²) in [6.07, 6.45) is 0. The Morgan fingerprint density at radius 1 is 0.786 bits per heavy atom. The van der Waals surface area contributed by atoms with Crippen molar-refractivity contribution in [1.29, 1.82) is 0 Å². The first-order valence-corrected chi connectivity index (χ1v) is 9.02. The number of anilines is 1. The average Bonchev–Trinajstić information content (AvgIpc) is 3.18. The van der Waals surface area contributed by atoms with Crippen molar-refractivity contribution in [2.45, 2.75) is 0 Å². The molecule has 0 saturated heterocycles. The summed E-state index contributed by atoms with van der Waals surface area (Å²) in [5, 5.41) is 5.10. The summed E-state index contributed by atoms with van der Waals surface area (Å²) in [7, 11) is 0. The molecular weight excluding hydrogens is 348 g/mol. The van der Waals surface area contributed by atoms with Crippen molar-refractivity contribution in [3.63, 3.8) is 0 Å². The molecule has 0 bridgehead atoms. The Bertz CT molecular complexity index is 1290. The predicted octanol–water partition coefficient (Wildman–Crippen LogP) is 5.90. The first-order valence-electron chi connectivity index (χ1n) is 9.02. The number of amides is 1. The molecule has 1 N–H and O–H groups in total. The maximum Gasteiger partial charge on any atom is 0.255 e. The molecule has 0 radical (unpaired) electrons. The molecule has 4 nitrogen and oxygen atoms in total. The van der Waals surface area contributed by atoms with E-state index in [-0.39, 0.29) is 5.91 Å². The molecule has 4 aromatic carbocycles. The van der Waals surface area contributed by atoms with Crippen LogP contribution < -0.4 is 5.32 Å². The van der Waals surface area contributed by atoms with Crippen LogP contribution in [0, 0.1) is 0 Å². The first-order chi connectivity index (χ1) is 13.8. The van der Waals surface area contributed by atoms with E-state index < -0.39 is 0 Å². The molecule has 5 aromatic rings. The molecule has 0 saturated carbocycles. The van der Waals surface area contributed by atoms with Gasteiger partial charge in [-0.05, 0) is 53.2 Å². The largest absolute Gasteiger partial charge is 0.436 e. The summed E-state index contributed by atoms with van der Waals surface area (Å²) in [5.74, 6) is 0.378. The van der Waals surface area contributed by atoms with Gasteiger partial charge in [0.15, 0.2) is 5.58 Å². The molecule has 4 heteroatoms. The fourth-order valence-electron chi connectivity index (χ4n) is 3.26. The number of carbonyl (C=O) groups is 1. The van der Waals surface area contributed by atoms with Crippen LogP contribution in [0.2, 0.25) is 0 Å². The highest BCUT2D eigenvalue weighted by atomic mass is 16.3. The topological polar surface area (TPSA) is 55.1 Å². The van der Waals surface area contributed by atoms with Gasteiger partial charge in [-0.3, -0.25) is 4.79 Å².